The topological polar surface area (TPSA) is 67.4 Å². The van der Waals surface area contributed by atoms with E-state index >= 15 is 0 Å². The Hall–Kier alpha value is -2.24. The smallest absolute Gasteiger partial charge is 0.314 e. The Morgan fingerprint density at radius 1 is 0.957 bits per heavy atom. The SMILES string of the molecule is CCOc1ccc(NC(=O)C(=O)Nc2c(Cl)cccc2Cl)cc1. The molecule has 2 rings (SSSR count). The molecule has 0 aliphatic rings. The van der Waals surface area contributed by atoms with Crippen LogP contribution in [-0.4, -0.2) is 18.4 Å². The van der Waals surface area contributed by atoms with Crippen LogP contribution in [0.15, 0.2) is 42.5 Å². The lowest BCUT2D eigenvalue weighted by molar-refractivity contribution is -0.132. The zero-order chi connectivity index (χ0) is 16.8. The number of anilines is 2. The second-order valence-corrected chi connectivity index (χ2v) is 5.28. The number of carbonyl (C=O) groups is 2. The number of hydrogen-bond acceptors (Lipinski definition) is 3. The monoisotopic (exact) mass is 352 g/mol. The lowest BCUT2D eigenvalue weighted by atomic mass is 10.3. The molecule has 0 bridgehead atoms. The molecule has 2 aromatic carbocycles. The Labute approximate surface area is 143 Å². The molecule has 2 amide bonds. The van der Waals surface area contributed by atoms with Gasteiger partial charge in [0.1, 0.15) is 5.75 Å². The molecule has 5 nitrogen and oxygen atoms in total. The van der Waals surface area contributed by atoms with E-state index in [1.54, 1.807) is 42.5 Å². The van der Waals surface area contributed by atoms with E-state index < -0.39 is 11.8 Å². The highest BCUT2D eigenvalue weighted by atomic mass is 35.5. The summed E-state index contributed by atoms with van der Waals surface area (Å²) in [5.41, 5.74) is 0.668. The predicted molar refractivity (Wildman–Crippen MR) is 91.3 cm³/mol. The molecule has 2 N–H and O–H groups in total. The lowest BCUT2D eigenvalue weighted by Crippen LogP contribution is -2.29. The molecule has 0 aromatic heterocycles. The van der Waals surface area contributed by atoms with E-state index in [0.29, 0.717) is 18.0 Å². The fourth-order valence-electron chi connectivity index (χ4n) is 1.78. The first-order valence-corrected chi connectivity index (χ1v) is 7.56. The Morgan fingerprint density at radius 2 is 1.52 bits per heavy atom. The van der Waals surface area contributed by atoms with Crippen molar-refractivity contribution in [2.24, 2.45) is 0 Å². The van der Waals surface area contributed by atoms with Crippen molar-refractivity contribution in [1.82, 2.24) is 0 Å². The number of para-hydroxylation sites is 1. The summed E-state index contributed by atoms with van der Waals surface area (Å²) in [6.07, 6.45) is 0. The van der Waals surface area contributed by atoms with Crippen molar-refractivity contribution in [1.29, 1.82) is 0 Å². The Morgan fingerprint density at radius 3 is 2.09 bits per heavy atom. The van der Waals surface area contributed by atoms with Gasteiger partial charge in [-0.05, 0) is 43.3 Å². The molecule has 0 spiro atoms. The van der Waals surface area contributed by atoms with E-state index in [4.69, 9.17) is 27.9 Å². The largest absolute Gasteiger partial charge is 0.494 e. The highest BCUT2D eigenvalue weighted by Gasteiger charge is 2.17. The van der Waals surface area contributed by atoms with Gasteiger partial charge < -0.3 is 15.4 Å². The van der Waals surface area contributed by atoms with Gasteiger partial charge in [0.2, 0.25) is 0 Å². The summed E-state index contributed by atoms with van der Waals surface area (Å²) in [5.74, 6) is -1.02. The van der Waals surface area contributed by atoms with Crippen molar-refractivity contribution in [3.05, 3.63) is 52.5 Å². The van der Waals surface area contributed by atoms with Crippen molar-refractivity contribution in [2.45, 2.75) is 6.92 Å². The van der Waals surface area contributed by atoms with Gasteiger partial charge in [-0.3, -0.25) is 9.59 Å². The predicted octanol–water partition coefficient (Wildman–Crippen LogP) is 3.97. The van der Waals surface area contributed by atoms with Crippen LogP contribution in [0.2, 0.25) is 10.0 Å². The van der Waals surface area contributed by atoms with Crippen LogP contribution < -0.4 is 15.4 Å². The Kier molecular flexibility index (Phi) is 5.84. The average molecular weight is 353 g/mol. The van der Waals surface area contributed by atoms with Gasteiger partial charge in [-0.1, -0.05) is 29.3 Å². The second kappa shape index (κ2) is 7.85. The second-order valence-electron chi connectivity index (χ2n) is 4.46. The van der Waals surface area contributed by atoms with Crippen LogP contribution in [-0.2, 0) is 9.59 Å². The third kappa shape index (κ3) is 4.61. The van der Waals surface area contributed by atoms with Crippen LogP contribution >= 0.6 is 23.2 Å². The maximum absolute atomic E-state index is 11.9. The van der Waals surface area contributed by atoms with Crippen LogP contribution in [0.1, 0.15) is 6.92 Å². The van der Waals surface area contributed by atoms with E-state index in [-0.39, 0.29) is 15.7 Å². The first kappa shape index (κ1) is 17.1. The number of nitrogens with one attached hydrogen (secondary N) is 2. The van der Waals surface area contributed by atoms with E-state index in [1.807, 2.05) is 6.92 Å². The summed E-state index contributed by atoms with van der Waals surface area (Å²) in [6, 6.07) is 11.4. The first-order chi connectivity index (χ1) is 11.0. The summed E-state index contributed by atoms with van der Waals surface area (Å²) in [6.45, 7) is 2.42. The standard InChI is InChI=1S/C16H14Cl2N2O3/c1-2-23-11-8-6-10(7-9-11)19-15(21)16(22)20-14-12(17)4-3-5-13(14)18/h3-9H,2H2,1H3,(H,19,21)(H,20,22). The minimum Gasteiger partial charge on any atom is -0.494 e. The summed E-state index contributed by atoms with van der Waals surface area (Å²) < 4.78 is 5.30. The highest BCUT2D eigenvalue weighted by molar-refractivity contribution is 6.46. The van der Waals surface area contributed by atoms with E-state index in [1.165, 1.54) is 0 Å². The van der Waals surface area contributed by atoms with E-state index in [9.17, 15) is 9.59 Å². The molecule has 0 heterocycles. The molecule has 0 radical (unpaired) electrons. The summed E-state index contributed by atoms with van der Waals surface area (Å²) in [4.78, 5) is 23.8. The van der Waals surface area contributed by atoms with Crippen molar-refractivity contribution < 1.29 is 14.3 Å². The molecule has 120 valence electrons. The van der Waals surface area contributed by atoms with Gasteiger partial charge in [0.25, 0.3) is 0 Å². The van der Waals surface area contributed by atoms with Gasteiger partial charge in [0.05, 0.1) is 22.3 Å². The minimum atomic E-state index is -0.867. The quantitative estimate of drug-likeness (QED) is 0.818. The zero-order valence-electron chi connectivity index (χ0n) is 12.2. The summed E-state index contributed by atoms with van der Waals surface area (Å²) >= 11 is 11.9. The average Bonchev–Trinajstić information content (AvgIpc) is 2.53. The van der Waals surface area contributed by atoms with Gasteiger partial charge in [0, 0.05) is 5.69 Å². The number of carbonyl (C=O) groups excluding carboxylic acids is 2. The minimum absolute atomic E-state index is 0.197. The molecule has 2 aromatic rings. The third-order valence-corrected chi connectivity index (χ3v) is 3.46. The van der Waals surface area contributed by atoms with Crippen LogP contribution in [0.3, 0.4) is 0 Å². The summed E-state index contributed by atoms with van der Waals surface area (Å²) in [7, 11) is 0. The molecule has 0 aliphatic heterocycles. The maximum Gasteiger partial charge on any atom is 0.314 e. The van der Waals surface area contributed by atoms with Crippen LogP contribution in [0.5, 0.6) is 5.75 Å². The van der Waals surface area contributed by atoms with Gasteiger partial charge in [-0.25, -0.2) is 0 Å². The van der Waals surface area contributed by atoms with Crippen molar-refractivity contribution in [3.8, 4) is 5.75 Å². The molecule has 0 atom stereocenters. The molecule has 0 unspecified atom stereocenters. The molecule has 0 saturated heterocycles. The third-order valence-electron chi connectivity index (χ3n) is 2.83. The number of benzene rings is 2. The molecular weight excluding hydrogens is 339 g/mol. The van der Waals surface area contributed by atoms with Gasteiger partial charge in [-0.2, -0.15) is 0 Å². The molecule has 0 aliphatic carbocycles. The van der Waals surface area contributed by atoms with Crippen LogP contribution in [0, 0.1) is 0 Å². The van der Waals surface area contributed by atoms with Crippen LogP contribution in [0.25, 0.3) is 0 Å². The molecule has 0 saturated carbocycles. The normalized spacial score (nSPS) is 10.0. The molecule has 23 heavy (non-hydrogen) atoms. The maximum atomic E-state index is 11.9. The van der Waals surface area contributed by atoms with Gasteiger partial charge in [-0.15, -0.1) is 0 Å². The first-order valence-electron chi connectivity index (χ1n) is 6.80. The van der Waals surface area contributed by atoms with Crippen molar-refractivity contribution in [3.63, 3.8) is 0 Å². The van der Waals surface area contributed by atoms with Gasteiger partial charge >= 0.3 is 11.8 Å². The van der Waals surface area contributed by atoms with Crippen molar-refractivity contribution >= 4 is 46.4 Å². The Bertz CT molecular complexity index is 698. The zero-order valence-corrected chi connectivity index (χ0v) is 13.7. The number of halogens is 2. The molecular formula is C16H14Cl2N2O3. The number of amides is 2. The number of ether oxygens (including phenoxy) is 1. The van der Waals surface area contributed by atoms with E-state index in [0.717, 1.165) is 0 Å². The molecule has 7 heteroatoms. The van der Waals surface area contributed by atoms with E-state index in [2.05, 4.69) is 10.6 Å². The van der Waals surface area contributed by atoms with Crippen molar-refractivity contribution in [2.75, 3.05) is 17.2 Å². The number of hydrogen-bond donors (Lipinski definition) is 2. The summed E-state index contributed by atoms with van der Waals surface area (Å²) in [5, 5.41) is 5.37. The fraction of sp³-hybridized carbons (Fsp3) is 0.125. The van der Waals surface area contributed by atoms with Gasteiger partial charge in [0.15, 0.2) is 0 Å². The lowest BCUT2D eigenvalue weighted by Gasteiger charge is -2.10. The fourth-order valence-corrected chi connectivity index (χ4v) is 2.27. The molecule has 0 fully saturated rings. The highest BCUT2D eigenvalue weighted by Crippen LogP contribution is 2.29. The van der Waals surface area contributed by atoms with Crippen LogP contribution in [0.4, 0.5) is 11.4 Å². The number of rotatable bonds is 4. The Balaban J connectivity index is 2.01.